The average Bonchev–Trinajstić information content (AvgIpc) is 3.24. The number of methoxy groups -OCH3 is 1. The molecule has 3 unspecified atom stereocenters. The summed E-state index contributed by atoms with van der Waals surface area (Å²) in [5.41, 5.74) is 0.879. The molecule has 1 amide bonds. The van der Waals surface area contributed by atoms with Crippen molar-refractivity contribution in [2.24, 2.45) is 9.98 Å². The van der Waals surface area contributed by atoms with Crippen LogP contribution >= 0.6 is 11.3 Å². The number of carboxylic acids is 1. The van der Waals surface area contributed by atoms with Crippen LogP contribution in [0.25, 0.3) is 0 Å². The molecule has 0 spiro atoms. The number of aliphatic carboxylic acids is 1. The fraction of sp³-hybridized carbons (Fsp3) is 0.481. The van der Waals surface area contributed by atoms with Crippen molar-refractivity contribution >= 4 is 35.4 Å². The number of amides is 1. The number of carbonyl (C=O) groups excluding carboxylic acids is 1. The molecule has 0 fully saturated rings. The summed E-state index contributed by atoms with van der Waals surface area (Å²) in [7, 11) is 1.62. The SMILES string of the molecule is CCN(CC)C1=NC(NC(CC2=CC=C(OC)CC=C2)C(=O)O)CC(N(CC)C(=O)c2cccs2)C=N1. The number of aliphatic imine (C=N–C) groups is 2. The van der Waals surface area contributed by atoms with Crippen LogP contribution in [0.1, 0.15) is 49.7 Å². The Morgan fingerprint density at radius 3 is 2.65 bits per heavy atom. The summed E-state index contributed by atoms with van der Waals surface area (Å²) in [5.74, 6) is 0.328. The van der Waals surface area contributed by atoms with Gasteiger partial charge in [0, 0.05) is 38.7 Å². The molecule has 1 aliphatic heterocycles. The van der Waals surface area contributed by atoms with E-state index in [1.54, 1.807) is 18.2 Å². The number of ether oxygens (including phenoxy) is 1. The van der Waals surface area contributed by atoms with E-state index in [2.05, 4.69) is 10.3 Å². The summed E-state index contributed by atoms with van der Waals surface area (Å²) in [6, 6.07) is 2.46. The Balaban J connectivity index is 1.87. The molecule has 0 saturated carbocycles. The molecule has 10 heteroatoms. The Morgan fingerprint density at radius 2 is 2.03 bits per heavy atom. The van der Waals surface area contributed by atoms with Crippen molar-refractivity contribution in [3.8, 4) is 0 Å². The van der Waals surface area contributed by atoms with Crippen LogP contribution in [0, 0.1) is 0 Å². The molecule has 0 radical (unpaired) electrons. The third-order valence-electron chi connectivity index (χ3n) is 6.41. The van der Waals surface area contributed by atoms with Crippen LogP contribution in [0.2, 0.25) is 0 Å². The van der Waals surface area contributed by atoms with Gasteiger partial charge in [0.1, 0.15) is 12.2 Å². The number of nitrogens with one attached hydrogen (secondary N) is 1. The minimum Gasteiger partial charge on any atom is -0.501 e. The number of guanidine groups is 1. The van der Waals surface area contributed by atoms with Gasteiger partial charge in [-0.05, 0) is 50.3 Å². The second-order valence-electron chi connectivity index (χ2n) is 8.71. The molecule has 0 saturated heterocycles. The second kappa shape index (κ2) is 13.9. The van der Waals surface area contributed by atoms with E-state index in [1.165, 1.54) is 11.3 Å². The van der Waals surface area contributed by atoms with Crippen molar-refractivity contribution in [3.63, 3.8) is 0 Å². The van der Waals surface area contributed by atoms with Gasteiger partial charge >= 0.3 is 5.97 Å². The van der Waals surface area contributed by atoms with Crippen molar-refractivity contribution in [2.75, 3.05) is 26.7 Å². The number of allylic oxidation sites excluding steroid dienone is 4. The van der Waals surface area contributed by atoms with Gasteiger partial charge in [0.15, 0.2) is 0 Å². The minimum atomic E-state index is -0.960. The van der Waals surface area contributed by atoms with Crippen LogP contribution in [0.15, 0.2) is 63.1 Å². The van der Waals surface area contributed by atoms with Gasteiger partial charge < -0.3 is 19.6 Å². The van der Waals surface area contributed by atoms with Crippen LogP contribution in [0.5, 0.6) is 0 Å². The Morgan fingerprint density at radius 1 is 1.24 bits per heavy atom. The Hall–Kier alpha value is -3.24. The van der Waals surface area contributed by atoms with Gasteiger partial charge in [-0.3, -0.25) is 14.9 Å². The molecule has 1 aliphatic carbocycles. The summed E-state index contributed by atoms with van der Waals surface area (Å²) >= 11 is 1.40. The number of thiophene rings is 1. The molecule has 2 heterocycles. The van der Waals surface area contributed by atoms with E-state index in [0.29, 0.717) is 43.3 Å². The number of nitrogens with zero attached hydrogens (tertiary/aromatic N) is 4. The lowest BCUT2D eigenvalue weighted by Gasteiger charge is -2.30. The van der Waals surface area contributed by atoms with Crippen molar-refractivity contribution in [1.82, 2.24) is 15.1 Å². The molecule has 1 aromatic heterocycles. The highest BCUT2D eigenvalue weighted by Crippen LogP contribution is 2.20. The van der Waals surface area contributed by atoms with E-state index in [0.717, 1.165) is 11.3 Å². The molecular formula is C27H37N5O4S. The third-order valence-corrected chi connectivity index (χ3v) is 7.26. The minimum absolute atomic E-state index is 0.0664. The highest BCUT2D eigenvalue weighted by molar-refractivity contribution is 7.12. The molecule has 37 heavy (non-hydrogen) atoms. The van der Waals surface area contributed by atoms with Crippen LogP contribution in [0.4, 0.5) is 0 Å². The van der Waals surface area contributed by atoms with Crippen LogP contribution in [-0.2, 0) is 9.53 Å². The Kier molecular flexibility index (Phi) is 10.6. The fourth-order valence-electron chi connectivity index (χ4n) is 4.34. The van der Waals surface area contributed by atoms with Gasteiger partial charge in [0.2, 0.25) is 5.96 Å². The maximum Gasteiger partial charge on any atom is 0.321 e. The molecule has 0 aromatic carbocycles. The standard InChI is InChI=1S/C27H37N5O4S/c1-5-31(6-2)27-28-18-20(32(7-3)25(33)23-12-9-15-37-23)17-24(30-27)29-22(26(34)35)16-19-10-8-11-21(36-4)14-13-19/h8-10,12-15,18,20,22,24,29H,5-7,11,16-17H2,1-4H3,(H,34,35). The number of rotatable bonds is 11. The summed E-state index contributed by atoms with van der Waals surface area (Å²) in [6.07, 6.45) is 10.2. The number of carboxylic acid groups (broad SMARTS) is 1. The van der Waals surface area contributed by atoms with Gasteiger partial charge in [-0.2, -0.15) is 0 Å². The zero-order valence-corrected chi connectivity index (χ0v) is 22.8. The third kappa shape index (κ3) is 7.62. The summed E-state index contributed by atoms with van der Waals surface area (Å²) in [5, 5.41) is 15.2. The van der Waals surface area contributed by atoms with E-state index >= 15 is 0 Å². The lowest BCUT2D eigenvalue weighted by molar-refractivity contribution is -0.139. The molecule has 9 nitrogen and oxygen atoms in total. The summed E-state index contributed by atoms with van der Waals surface area (Å²) in [4.78, 5) is 39.5. The Labute approximate surface area is 222 Å². The highest BCUT2D eigenvalue weighted by atomic mass is 32.1. The van der Waals surface area contributed by atoms with E-state index in [9.17, 15) is 14.7 Å². The van der Waals surface area contributed by atoms with Gasteiger partial charge in [-0.25, -0.2) is 9.98 Å². The maximum absolute atomic E-state index is 13.2. The van der Waals surface area contributed by atoms with Crippen molar-refractivity contribution in [1.29, 1.82) is 0 Å². The fourth-order valence-corrected chi connectivity index (χ4v) is 5.02. The largest absolute Gasteiger partial charge is 0.501 e. The number of hydrogen-bond donors (Lipinski definition) is 2. The van der Waals surface area contributed by atoms with E-state index in [4.69, 9.17) is 9.73 Å². The predicted molar refractivity (Wildman–Crippen MR) is 148 cm³/mol. The second-order valence-corrected chi connectivity index (χ2v) is 9.66. The number of carbonyl (C=O) groups is 2. The molecule has 1 aromatic rings. The van der Waals surface area contributed by atoms with E-state index < -0.39 is 18.2 Å². The first kappa shape index (κ1) is 28.3. The van der Waals surface area contributed by atoms with Crippen molar-refractivity contribution < 1.29 is 19.4 Å². The van der Waals surface area contributed by atoms with Crippen molar-refractivity contribution in [2.45, 2.75) is 58.3 Å². The molecule has 3 rings (SSSR count). The van der Waals surface area contributed by atoms with Crippen LogP contribution < -0.4 is 5.32 Å². The molecule has 0 bridgehead atoms. The molecule has 3 atom stereocenters. The van der Waals surface area contributed by atoms with Crippen LogP contribution in [-0.4, -0.2) is 84.0 Å². The summed E-state index contributed by atoms with van der Waals surface area (Å²) < 4.78 is 5.32. The van der Waals surface area contributed by atoms with E-state index in [1.807, 2.05) is 67.5 Å². The topological polar surface area (TPSA) is 107 Å². The van der Waals surface area contributed by atoms with Crippen molar-refractivity contribution in [3.05, 3.63) is 58.0 Å². The molecule has 2 N–H and O–H groups in total. The van der Waals surface area contributed by atoms with Gasteiger partial charge in [-0.15, -0.1) is 11.3 Å². The first-order valence-electron chi connectivity index (χ1n) is 12.7. The van der Waals surface area contributed by atoms with Gasteiger partial charge in [0.25, 0.3) is 5.91 Å². The first-order valence-corrected chi connectivity index (χ1v) is 13.6. The monoisotopic (exact) mass is 527 g/mol. The lowest BCUT2D eigenvalue weighted by Crippen LogP contribution is -2.48. The Bertz CT molecular complexity index is 1070. The first-order chi connectivity index (χ1) is 17.9. The predicted octanol–water partition coefficient (Wildman–Crippen LogP) is 3.93. The molecular weight excluding hydrogens is 490 g/mol. The number of hydrogen-bond acceptors (Lipinski definition) is 8. The van der Waals surface area contributed by atoms with Gasteiger partial charge in [-0.1, -0.05) is 24.3 Å². The summed E-state index contributed by atoms with van der Waals surface area (Å²) in [6.45, 7) is 7.91. The zero-order valence-electron chi connectivity index (χ0n) is 22.0. The molecule has 200 valence electrons. The normalized spacial score (nSPS) is 20.2. The molecule has 2 aliphatic rings. The van der Waals surface area contributed by atoms with E-state index in [-0.39, 0.29) is 18.4 Å². The quantitative estimate of drug-likeness (QED) is 0.452. The van der Waals surface area contributed by atoms with Crippen LogP contribution in [0.3, 0.4) is 0 Å². The van der Waals surface area contributed by atoms with Gasteiger partial charge in [0.05, 0.1) is 23.8 Å². The maximum atomic E-state index is 13.2. The highest BCUT2D eigenvalue weighted by Gasteiger charge is 2.31. The smallest absolute Gasteiger partial charge is 0.321 e. The zero-order chi connectivity index (χ0) is 26.8. The lowest BCUT2D eigenvalue weighted by atomic mass is 10.0. The average molecular weight is 528 g/mol.